The fourth-order valence-corrected chi connectivity index (χ4v) is 4.92. The molecule has 0 aliphatic carbocycles. The molecule has 0 unspecified atom stereocenters. The van der Waals surface area contributed by atoms with Gasteiger partial charge in [-0.25, -0.2) is 8.42 Å². The molecule has 0 amide bonds. The van der Waals surface area contributed by atoms with Gasteiger partial charge in [-0.1, -0.05) is 23.0 Å². The van der Waals surface area contributed by atoms with Crippen LogP contribution in [0.1, 0.15) is 33.1 Å². The number of phenols is 1. The first-order valence-electron chi connectivity index (χ1n) is 10.1. The quantitative estimate of drug-likeness (QED) is 0.276. The third-order valence-electron chi connectivity index (χ3n) is 5.61. The Hall–Kier alpha value is -2.18. The highest BCUT2D eigenvalue weighted by Crippen LogP contribution is 2.40. The van der Waals surface area contributed by atoms with Crippen LogP contribution in [0.15, 0.2) is 26.6 Å². The molecule has 0 spiro atoms. The van der Waals surface area contributed by atoms with Gasteiger partial charge in [0.05, 0.1) is 30.4 Å². The molecular weight excluding hydrogens is 462 g/mol. The van der Waals surface area contributed by atoms with Gasteiger partial charge in [-0.2, -0.15) is 0 Å². The molecule has 1 saturated heterocycles. The molecule has 0 aromatic heterocycles. The highest BCUT2D eigenvalue weighted by atomic mass is 35.5. The summed E-state index contributed by atoms with van der Waals surface area (Å²) in [6.07, 6.45) is 2.39. The summed E-state index contributed by atoms with van der Waals surface area (Å²) in [6, 6.07) is 2.16. The van der Waals surface area contributed by atoms with E-state index in [1.807, 2.05) is 13.8 Å². The van der Waals surface area contributed by atoms with E-state index in [1.165, 1.54) is 6.07 Å². The van der Waals surface area contributed by atoms with E-state index in [1.54, 1.807) is 0 Å². The SMILES string of the molecule is CC[C@@H](Nc1c(Nc2c(Cl)ccc(S(=O)(=O)N(C)OC)c2O)c(=O)c1=O)[C@H]1CC[C@@H](C)O1. The molecule has 3 atom stereocenters. The molecule has 0 saturated carbocycles. The van der Waals surface area contributed by atoms with Gasteiger partial charge in [-0.3, -0.25) is 14.4 Å². The number of halogens is 1. The Kier molecular flexibility index (Phi) is 7.15. The molecule has 0 radical (unpaired) electrons. The minimum atomic E-state index is -4.20. The number of hydrogen-bond acceptors (Lipinski definition) is 9. The van der Waals surface area contributed by atoms with Crippen LogP contribution in [0.2, 0.25) is 5.02 Å². The fourth-order valence-electron chi connectivity index (χ4n) is 3.66. The molecule has 1 fully saturated rings. The molecule has 1 heterocycles. The van der Waals surface area contributed by atoms with Crippen molar-refractivity contribution in [2.24, 2.45) is 0 Å². The van der Waals surface area contributed by atoms with Gasteiger partial charge >= 0.3 is 0 Å². The van der Waals surface area contributed by atoms with E-state index >= 15 is 0 Å². The van der Waals surface area contributed by atoms with Crippen molar-refractivity contribution in [1.82, 2.24) is 4.47 Å². The molecule has 2 aromatic rings. The maximum Gasteiger partial charge on any atom is 0.268 e. The molecule has 3 N–H and O–H groups in total. The average Bonchev–Trinajstić information content (AvgIpc) is 3.19. The summed E-state index contributed by atoms with van der Waals surface area (Å²) < 4.78 is 31.6. The predicted octanol–water partition coefficient (Wildman–Crippen LogP) is 2.33. The number of hydrogen-bond donors (Lipinski definition) is 3. The smallest absolute Gasteiger partial charge is 0.268 e. The second-order valence-corrected chi connectivity index (χ2v) is 9.93. The molecule has 12 heteroatoms. The van der Waals surface area contributed by atoms with Crippen molar-refractivity contribution >= 4 is 38.7 Å². The molecule has 2 aromatic carbocycles. The number of phenolic OH excluding ortho intramolecular Hbond substituents is 1. The molecule has 1 aliphatic heterocycles. The number of sulfonamides is 1. The number of anilines is 3. The van der Waals surface area contributed by atoms with Crippen LogP contribution in [0.25, 0.3) is 0 Å². The number of rotatable bonds is 9. The zero-order valence-corrected chi connectivity index (χ0v) is 19.7. The zero-order chi connectivity index (χ0) is 23.8. The molecule has 32 heavy (non-hydrogen) atoms. The first kappa shape index (κ1) is 24.5. The molecular formula is C20H26ClN3O7S. The summed E-state index contributed by atoms with van der Waals surface area (Å²) in [5.41, 5.74) is -1.79. The summed E-state index contributed by atoms with van der Waals surface area (Å²) in [5.74, 6) is -0.708. The second-order valence-electron chi connectivity index (χ2n) is 7.62. The lowest BCUT2D eigenvalue weighted by Gasteiger charge is -2.26. The number of hydroxylamine groups is 1. The Bertz CT molecular complexity index is 1180. The van der Waals surface area contributed by atoms with Crippen molar-refractivity contribution in [2.75, 3.05) is 24.8 Å². The van der Waals surface area contributed by atoms with Gasteiger partial charge in [0.1, 0.15) is 22.0 Å². The van der Waals surface area contributed by atoms with Crippen LogP contribution in [-0.4, -0.2) is 50.4 Å². The lowest BCUT2D eigenvalue weighted by Crippen LogP contribution is -2.42. The molecule has 1 aliphatic rings. The fraction of sp³-hybridized carbons (Fsp3) is 0.500. The average molecular weight is 488 g/mol. The van der Waals surface area contributed by atoms with Gasteiger partial charge in [-0.05, 0) is 38.3 Å². The van der Waals surface area contributed by atoms with Crippen molar-refractivity contribution in [2.45, 2.75) is 56.3 Å². The normalized spacial score (nSPS) is 20.1. The maximum atomic E-state index is 12.6. The van der Waals surface area contributed by atoms with E-state index in [0.29, 0.717) is 10.9 Å². The van der Waals surface area contributed by atoms with Crippen LogP contribution < -0.4 is 21.5 Å². The Labute approximate surface area is 190 Å². The van der Waals surface area contributed by atoms with Gasteiger partial charge in [0.2, 0.25) is 0 Å². The van der Waals surface area contributed by atoms with E-state index in [0.717, 1.165) is 33.1 Å². The van der Waals surface area contributed by atoms with Crippen molar-refractivity contribution in [3.8, 4) is 5.75 Å². The van der Waals surface area contributed by atoms with Gasteiger partial charge in [0.15, 0.2) is 5.75 Å². The summed E-state index contributed by atoms with van der Waals surface area (Å²) in [5, 5.41) is 16.3. The Morgan fingerprint density at radius 3 is 2.47 bits per heavy atom. The Morgan fingerprint density at radius 1 is 1.25 bits per heavy atom. The van der Waals surface area contributed by atoms with Gasteiger partial charge < -0.3 is 20.5 Å². The van der Waals surface area contributed by atoms with Crippen LogP contribution in [0, 0.1) is 0 Å². The predicted molar refractivity (Wildman–Crippen MR) is 121 cm³/mol. The van der Waals surface area contributed by atoms with E-state index in [9.17, 15) is 23.1 Å². The van der Waals surface area contributed by atoms with E-state index in [-0.39, 0.29) is 40.3 Å². The van der Waals surface area contributed by atoms with Crippen LogP contribution in [-0.2, 0) is 19.6 Å². The highest BCUT2D eigenvalue weighted by molar-refractivity contribution is 7.89. The topological polar surface area (TPSA) is 134 Å². The van der Waals surface area contributed by atoms with Crippen molar-refractivity contribution in [1.29, 1.82) is 0 Å². The first-order valence-corrected chi connectivity index (χ1v) is 11.9. The molecule has 176 valence electrons. The summed E-state index contributed by atoms with van der Waals surface area (Å²) in [4.78, 5) is 28.8. The molecule has 3 rings (SSSR count). The number of ether oxygens (including phenoxy) is 1. The number of aromatic hydroxyl groups is 1. The van der Waals surface area contributed by atoms with Crippen molar-refractivity contribution < 1.29 is 23.1 Å². The Balaban J connectivity index is 1.94. The van der Waals surface area contributed by atoms with E-state index < -0.39 is 31.5 Å². The lowest BCUT2D eigenvalue weighted by atomic mass is 10.0. The number of benzene rings is 1. The first-order chi connectivity index (χ1) is 15.0. The zero-order valence-electron chi connectivity index (χ0n) is 18.1. The molecule has 0 bridgehead atoms. The van der Waals surface area contributed by atoms with Crippen LogP contribution in [0.5, 0.6) is 5.75 Å². The van der Waals surface area contributed by atoms with Crippen molar-refractivity contribution in [3.05, 3.63) is 37.6 Å². The van der Waals surface area contributed by atoms with Gasteiger partial charge in [-0.15, -0.1) is 0 Å². The third-order valence-corrected chi connectivity index (χ3v) is 7.63. The number of nitrogens with one attached hydrogen (secondary N) is 2. The molecule has 10 nitrogen and oxygen atoms in total. The summed E-state index contributed by atoms with van der Waals surface area (Å²) in [7, 11) is -1.88. The van der Waals surface area contributed by atoms with E-state index in [4.69, 9.17) is 21.2 Å². The van der Waals surface area contributed by atoms with Crippen LogP contribution >= 0.6 is 11.6 Å². The summed E-state index contributed by atoms with van der Waals surface area (Å²) >= 11 is 6.15. The van der Waals surface area contributed by atoms with Crippen molar-refractivity contribution in [3.63, 3.8) is 0 Å². The monoisotopic (exact) mass is 487 g/mol. The minimum absolute atomic E-state index is 0.0412. The Morgan fingerprint density at radius 2 is 1.91 bits per heavy atom. The second kappa shape index (κ2) is 9.36. The minimum Gasteiger partial charge on any atom is -0.504 e. The third kappa shape index (κ3) is 4.35. The van der Waals surface area contributed by atoms with Crippen LogP contribution in [0.3, 0.4) is 0 Å². The lowest BCUT2D eigenvalue weighted by molar-refractivity contribution is -0.0259. The van der Waals surface area contributed by atoms with Gasteiger partial charge in [0, 0.05) is 7.05 Å². The maximum absolute atomic E-state index is 12.6. The summed E-state index contributed by atoms with van der Waals surface area (Å²) in [6.45, 7) is 3.91. The van der Waals surface area contributed by atoms with Crippen LogP contribution in [0.4, 0.5) is 17.1 Å². The largest absolute Gasteiger partial charge is 0.504 e. The highest BCUT2D eigenvalue weighted by Gasteiger charge is 2.33. The van der Waals surface area contributed by atoms with Gasteiger partial charge in [0.25, 0.3) is 20.9 Å². The van der Waals surface area contributed by atoms with E-state index in [2.05, 4.69) is 10.6 Å². The standard InChI is InChI=1S/C20H26ClN3O7S/c1-5-12(13-8-6-10(2)31-13)22-16-17(20(27)19(16)26)23-15-11(21)7-9-14(18(15)25)32(28,29)24(3)30-4/h7,9-10,12-13,22-23,25H,5-6,8H2,1-4H3/t10-,12-,13-/m1/s1. The number of nitrogens with zero attached hydrogens (tertiary/aromatic N) is 1.